The number of rotatable bonds is 5. The van der Waals surface area contributed by atoms with E-state index in [0.29, 0.717) is 17.1 Å². The molecule has 0 atom stereocenters. The largest absolute Gasteiger partial charge is 0.361 e. The van der Waals surface area contributed by atoms with Crippen LogP contribution in [-0.4, -0.2) is 19.5 Å². The first-order valence-electron chi connectivity index (χ1n) is 8.19. The summed E-state index contributed by atoms with van der Waals surface area (Å²) in [5, 5.41) is 6.31. The van der Waals surface area contributed by atoms with E-state index in [2.05, 4.69) is 15.2 Å². The van der Waals surface area contributed by atoms with Gasteiger partial charge in [-0.05, 0) is 62.2 Å². The normalized spacial score (nSPS) is 11.2. The average Bonchev–Trinajstić information content (AvgIpc) is 3.04. The number of aromatic nitrogens is 1. The zero-order valence-corrected chi connectivity index (χ0v) is 15.9. The summed E-state index contributed by atoms with van der Waals surface area (Å²) in [5.74, 6) is 0.0797. The number of carbonyl (C=O) groups is 1. The Morgan fingerprint density at radius 1 is 0.963 bits per heavy atom. The summed E-state index contributed by atoms with van der Waals surface area (Å²) in [4.78, 5) is 12.3. The van der Waals surface area contributed by atoms with Gasteiger partial charge in [-0.3, -0.25) is 9.52 Å². The van der Waals surface area contributed by atoms with Crippen molar-refractivity contribution >= 4 is 27.3 Å². The number of sulfonamides is 1. The van der Waals surface area contributed by atoms with Gasteiger partial charge in [-0.2, -0.15) is 0 Å². The first-order chi connectivity index (χ1) is 12.7. The van der Waals surface area contributed by atoms with Gasteiger partial charge in [0.1, 0.15) is 5.76 Å². The standard InChI is InChI=1S/C19H19N3O4S/c1-12-7-8-17(9-13(12)2)27(24,25)22-16-6-4-5-15(11-16)20-19(23)18-10-14(3)26-21-18/h4-11,22H,1-3H3,(H,20,23). The third-order valence-corrected chi connectivity index (χ3v) is 5.40. The van der Waals surface area contributed by atoms with Crippen molar-refractivity contribution in [1.29, 1.82) is 0 Å². The van der Waals surface area contributed by atoms with E-state index in [1.807, 2.05) is 13.8 Å². The first kappa shape index (κ1) is 18.7. The van der Waals surface area contributed by atoms with E-state index in [1.165, 1.54) is 12.1 Å². The van der Waals surface area contributed by atoms with Crippen molar-refractivity contribution in [3.05, 3.63) is 71.1 Å². The van der Waals surface area contributed by atoms with Gasteiger partial charge < -0.3 is 9.84 Å². The van der Waals surface area contributed by atoms with Gasteiger partial charge >= 0.3 is 0 Å². The fraction of sp³-hybridized carbons (Fsp3) is 0.158. The molecule has 140 valence electrons. The number of hydrogen-bond donors (Lipinski definition) is 2. The molecule has 2 aromatic carbocycles. The molecule has 0 unspecified atom stereocenters. The molecule has 8 heteroatoms. The van der Waals surface area contributed by atoms with E-state index in [4.69, 9.17) is 4.52 Å². The van der Waals surface area contributed by atoms with E-state index < -0.39 is 15.9 Å². The summed E-state index contributed by atoms with van der Waals surface area (Å²) >= 11 is 0. The molecular formula is C19H19N3O4S. The monoisotopic (exact) mass is 385 g/mol. The van der Waals surface area contributed by atoms with E-state index in [0.717, 1.165) is 11.1 Å². The number of anilines is 2. The molecular weight excluding hydrogens is 366 g/mol. The Bertz CT molecular complexity index is 1100. The molecule has 1 heterocycles. The van der Waals surface area contributed by atoms with Crippen molar-refractivity contribution < 1.29 is 17.7 Å². The lowest BCUT2D eigenvalue weighted by Gasteiger charge is -2.11. The summed E-state index contributed by atoms with van der Waals surface area (Å²) in [6.07, 6.45) is 0. The molecule has 3 aromatic rings. The molecule has 0 fully saturated rings. The van der Waals surface area contributed by atoms with Crippen molar-refractivity contribution in [2.24, 2.45) is 0 Å². The Balaban J connectivity index is 1.78. The molecule has 0 aliphatic carbocycles. The molecule has 0 radical (unpaired) electrons. The number of nitrogens with zero attached hydrogens (tertiary/aromatic N) is 1. The number of nitrogens with one attached hydrogen (secondary N) is 2. The Hall–Kier alpha value is -3.13. The van der Waals surface area contributed by atoms with E-state index in [1.54, 1.807) is 43.3 Å². The van der Waals surface area contributed by atoms with Crippen molar-refractivity contribution in [3.63, 3.8) is 0 Å². The van der Waals surface area contributed by atoms with Crippen LogP contribution in [0.25, 0.3) is 0 Å². The van der Waals surface area contributed by atoms with E-state index in [-0.39, 0.29) is 10.6 Å². The molecule has 0 aliphatic heterocycles. The first-order valence-corrected chi connectivity index (χ1v) is 9.68. The SMILES string of the molecule is Cc1cc(C(=O)Nc2cccc(NS(=O)(=O)c3ccc(C)c(C)c3)c2)no1. The molecule has 0 bridgehead atoms. The predicted molar refractivity (Wildman–Crippen MR) is 102 cm³/mol. The van der Waals surface area contributed by atoms with Crippen LogP contribution in [0.5, 0.6) is 0 Å². The van der Waals surface area contributed by atoms with Crippen LogP contribution < -0.4 is 10.0 Å². The average molecular weight is 385 g/mol. The molecule has 0 saturated heterocycles. The summed E-state index contributed by atoms with van der Waals surface area (Å²) in [6, 6.07) is 12.9. The van der Waals surface area contributed by atoms with Gasteiger partial charge in [0.25, 0.3) is 15.9 Å². The summed E-state index contributed by atoms with van der Waals surface area (Å²) in [6.45, 7) is 5.46. The second-order valence-electron chi connectivity index (χ2n) is 6.21. The maximum absolute atomic E-state index is 12.6. The lowest BCUT2D eigenvalue weighted by Crippen LogP contribution is -2.15. The minimum Gasteiger partial charge on any atom is -0.361 e. The van der Waals surface area contributed by atoms with Gasteiger partial charge in [0.05, 0.1) is 10.6 Å². The Morgan fingerprint density at radius 2 is 1.70 bits per heavy atom. The van der Waals surface area contributed by atoms with Crippen LogP contribution in [0.3, 0.4) is 0 Å². The number of benzene rings is 2. The van der Waals surface area contributed by atoms with Crippen LogP contribution in [0.4, 0.5) is 11.4 Å². The third kappa shape index (κ3) is 4.35. The number of hydrogen-bond acceptors (Lipinski definition) is 5. The molecule has 0 aliphatic rings. The van der Waals surface area contributed by atoms with Gasteiger partial charge in [-0.25, -0.2) is 8.42 Å². The van der Waals surface area contributed by atoms with Gasteiger partial charge in [-0.15, -0.1) is 0 Å². The van der Waals surface area contributed by atoms with Crippen LogP contribution in [0, 0.1) is 20.8 Å². The summed E-state index contributed by atoms with van der Waals surface area (Å²) in [5.41, 5.74) is 2.82. The second-order valence-corrected chi connectivity index (χ2v) is 7.89. The highest BCUT2D eigenvalue weighted by Gasteiger charge is 2.16. The Kier molecular flexibility index (Phi) is 5.00. The maximum atomic E-state index is 12.6. The molecule has 1 amide bonds. The second kappa shape index (κ2) is 7.24. The van der Waals surface area contributed by atoms with Crippen LogP contribution >= 0.6 is 0 Å². The van der Waals surface area contributed by atoms with Crippen molar-refractivity contribution in [3.8, 4) is 0 Å². The van der Waals surface area contributed by atoms with Crippen LogP contribution in [0.1, 0.15) is 27.4 Å². The highest BCUT2D eigenvalue weighted by molar-refractivity contribution is 7.92. The minimum absolute atomic E-state index is 0.147. The van der Waals surface area contributed by atoms with Crippen LogP contribution in [0.15, 0.2) is 57.9 Å². The van der Waals surface area contributed by atoms with Crippen molar-refractivity contribution in [2.75, 3.05) is 10.0 Å². The quantitative estimate of drug-likeness (QED) is 0.698. The highest BCUT2D eigenvalue weighted by atomic mass is 32.2. The Labute approximate surface area is 157 Å². The van der Waals surface area contributed by atoms with E-state index >= 15 is 0 Å². The van der Waals surface area contributed by atoms with Crippen molar-refractivity contribution in [1.82, 2.24) is 5.16 Å². The summed E-state index contributed by atoms with van der Waals surface area (Å²) in [7, 11) is -3.74. The predicted octanol–water partition coefficient (Wildman–Crippen LogP) is 3.65. The van der Waals surface area contributed by atoms with Crippen LogP contribution in [0.2, 0.25) is 0 Å². The topological polar surface area (TPSA) is 101 Å². The minimum atomic E-state index is -3.74. The van der Waals surface area contributed by atoms with Gasteiger partial charge in [0, 0.05) is 11.8 Å². The van der Waals surface area contributed by atoms with Gasteiger partial charge in [0.15, 0.2) is 5.69 Å². The van der Waals surface area contributed by atoms with Crippen LogP contribution in [-0.2, 0) is 10.0 Å². The highest BCUT2D eigenvalue weighted by Crippen LogP contribution is 2.21. The molecule has 7 nitrogen and oxygen atoms in total. The molecule has 0 spiro atoms. The summed E-state index contributed by atoms with van der Waals surface area (Å²) < 4.78 is 32.6. The molecule has 3 rings (SSSR count). The molecule has 1 aromatic heterocycles. The molecule has 2 N–H and O–H groups in total. The van der Waals surface area contributed by atoms with Gasteiger partial charge in [0.2, 0.25) is 0 Å². The smallest absolute Gasteiger partial charge is 0.277 e. The van der Waals surface area contributed by atoms with Crippen molar-refractivity contribution in [2.45, 2.75) is 25.7 Å². The third-order valence-electron chi connectivity index (χ3n) is 4.02. The number of carbonyl (C=O) groups excluding carboxylic acids is 1. The molecule has 27 heavy (non-hydrogen) atoms. The number of amides is 1. The lowest BCUT2D eigenvalue weighted by molar-refractivity contribution is 0.101. The zero-order chi connectivity index (χ0) is 19.6. The molecule has 0 saturated carbocycles. The maximum Gasteiger partial charge on any atom is 0.277 e. The van der Waals surface area contributed by atoms with E-state index in [9.17, 15) is 13.2 Å². The Morgan fingerprint density at radius 3 is 2.37 bits per heavy atom. The number of aryl methyl sites for hydroxylation is 3. The fourth-order valence-corrected chi connectivity index (χ4v) is 3.56. The zero-order valence-electron chi connectivity index (χ0n) is 15.1. The lowest BCUT2D eigenvalue weighted by atomic mass is 10.1. The van der Waals surface area contributed by atoms with Gasteiger partial charge in [-0.1, -0.05) is 17.3 Å². The fourth-order valence-electron chi connectivity index (χ4n) is 2.42.